The second-order valence-corrected chi connectivity index (χ2v) is 10.4. The number of hydrogen-bond donors (Lipinski definition) is 1. The van der Waals surface area contributed by atoms with Gasteiger partial charge < -0.3 is 29.6 Å². The van der Waals surface area contributed by atoms with Crippen LogP contribution in [-0.4, -0.2) is 54.8 Å². The average Bonchev–Trinajstić information content (AvgIpc) is 2.91. The summed E-state index contributed by atoms with van der Waals surface area (Å²) < 4.78 is 47.6. The Morgan fingerprint density at radius 1 is 0.919 bits per heavy atom. The second-order valence-electron chi connectivity index (χ2n) is 8.47. The van der Waals surface area contributed by atoms with Gasteiger partial charge in [0.15, 0.2) is 9.84 Å². The fourth-order valence-corrected chi connectivity index (χ4v) is 5.01. The maximum absolute atomic E-state index is 13.3. The van der Waals surface area contributed by atoms with E-state index in [9.17, 15) is 13.2 Å². The van der Waals surface area contributed by atoms with E-state index in [0.717, 1.165) is 5.41 Å². The van der Waals surface area contributed by atoms with Gasteiger partial charge in [-0.05, 0) is 43.5 Å². The van der Waals surface area contributed by atoms with Crippen LogP contribution in [0.4, 0.5) is 5.69 Å². The number of ether oxygens (including phenoxy) is 4. The largest absolute Gasteiger partial charge is 0.496 e. The van der Waals surface area contributed by atoms with Gasteiger partial charge in [0.05, 0.1) is 51.0 Å². The van der Waals surface area contributed by atoms with Crippen LogP contribution in [-0.2, 0) is 20.4 Å². The molecule has 1 amide bonds. The van der Waals surface area contributed by atoms with Gasteiger partial charge in [0, 0.05) is 24.1 Å². The lowest BCUT2D eigenvalue weighted by Gasteiger charge is -2.33. The molecule has 0 saturated heterocycles. The fraction of sp³-hybridized carbons (Fsp3) is 0.444. The first kappa shape index (κ1) is 30.0. The summed E-state index contributed by atoms with van der Waals surface area (Å²) in [5.41, 5.74) is 6.79. The molecule has 2 rings (SSSR count). The summed E-state index contributed by atoms with van der Waals surface area (Å²) in [5.74, 6) is 1.25. The molecular weight excluding hydrogens is 496 g/mol. The second kappa shape index (κ2) is 12.8. The summed E-state index contributed by atoms with van der Waals surface area (Å²) in [7, 11) is 2.26. The van der Waals surface area contributed by atoms with Gasteiger partial charge in [-0.25, -0.2) is 8.42 Å². The van der Waals surface area contributed by atoms with Crippen LogP contribution >= 0.6 is 0 Å². The molecule has 0 atom stereocenters. The monoisotopic (exact) mass is 534 g/mol. The summed E-state index contributed by atoms with van der Waals surface area (Å²) in [5, 5.41) is 1.12. The molecule has 0 heterocycles. The first-order chi connectivity index (χ1) is 17.5. The molecule has 0 radical (unpaired) electrons. The Morgan fingerprint density at radius 2 is 1.49 bits per heavy atom. The molecule has 2 aromatic carbocycles. The molecule has 0 spiro atoms. The highest BCUT2D eigenvalue weighted by Crippen LogP contribution is 2.36. The highest BCUT2D eigenvalue weighted by atomic mass is 32.2. The normalized spacial score (nSPS) is 11.9. The molecule has 0 aliphatic heterocycles. The van der Waals surface area contributed by atoms with Crippen molar-refractivity contribution in [3.05, 3.63) is 46.9 Å². The third-order valence-electron chi connectivity index (χ3n) is 6.35. The highest BCUT2D eigenvalue weighted by Gasteiger charge is 2.35. The zero-order valence-electron chi connectivity index (χ0n) is 22.7. The number of rotatable bonds is 13. The summed E-state index contributed by atoms with van der Waals surface area (Å²) >= 11 is 0. The summed E-state index contributed by atoms with van der Waals surface area (Å²) in [4.78, 5) is 14.9. The number of nitrogens with two attached hydrogens (primary N) is 1. The molecule has 2 aromatic rings. The Bertz CT molecular complexity index is 1200. The standard InChI is InChI=1S/C27H38N2O7S/c1-8-27(28,9-2)26(30)29(10-3)22-15-19(11-12-23(22)34-5)18-37(31,32)14-13-21-24(35-6)16-20(33-4)17-25(21)36-7/h11-17H,8-10,18,28H2,1-7H3/b14-13+. The molecule has 0 saturated carbocycles. The minimum absolute atomic E-state index is 0.239. The summed E-state index contributed by atoms with van der Waals surface area (Å²) in [6, 6.07) is 8.27. The van der Waals surface area contributed by atoms with Crippen molar-refractivity contribution in [3.8, 4) is 23.0 Å². The number of likely N-dealkylation sites (N-methyl/N-ethyl adjacent to an activating group) is 1. The van der Waals surface area contributed by atoms with Crippen LogP contribution in [0.5, 0.6) is 23.0 Å². The number of amides is 1. The smallest absolute Gasteiger partial charge is 0.247 e. The number of hydrogen-bond acceptors (Lipinski definition) is 8. The number of carbonyl (C=O) groups is 1. The molecular formula is C27H38N2O7S. The molecule has 0 aliphatic carbocycles. The van der Waals surface area contributed by atoms with Crippen LogP contribution in [0.25, 0.3) is 6.08 Å². The molecule has 9 nitrogen and oxygen atoms in total. The van der Waals surface area contributed by atoms with E-state index in [1.165, 1.54) is 34.5 Å². The van der Waals surface area contributed by atoms with Crippen LogP contribution in [0.15, 0.2) is 35.7 Å². The highest BCUT2D eigenvalue weighted by molar-refractivity contribution is 7.93. The van der Waals surface area contributed by atoms with Crippen molar-refractivity contribution in [2.75, 3.05) is 39.9 Å². The van der Waals surface area contributed by atoms with Crippen molar-refractivity contribution < 1.29 is 32.2 Å². The molecule has 2 N–H and O–H groups in total. The number of sulfone groups is 1. The Balaban J connectivity index is 2.44. The predicted octanol–water partition coefficient (Wildman–Crippen LogP) is 4.18. The van der Waals surface area contributed by atoms with E-state index in [1.807, 2.05) is 20.8 Å². The lowest BCUT2D eigenvalue weighted by Crippen LogP contribution is -2.55. The zero-order chi connectivity index (χ0) is 27.8. The maximum atomic E-state index is 13.3. The number of methoxy groups -OCH3 is 4. The molecule has 0 unspecified atom stereocenters. The van der Waals surface area contributed by atoms with Crippen molar-refractivity contribution >= 4 is 27.5 Å². The van der Waals surface area contributed by atoms with Gasteiger partial charge in [-0.2, -0.15) is 0 Å². The quantitative estimate of drug-likeness (QED) is 0.407. The van der Waals surface area contributed by atoms with Crippen LogP contribution in [0.1, 0.15) is 44.7 Å². The van der Waals surface area contributed by atoms with E-state index in [1.54, 1.807) is 35.2 Å². The third kappa shape index (κ3) is 6.95. The van der Waals surface area contributed by atoms with Gasteiger partial charge in [0.25, 0.3) is 0 Å². The maximum Gasteiger partial charge on any atom is 0.247 e. The van der Waals surface area contributed by atoms with E-state index in [4.69, 9.17) is 24.7 Å². The lowest BCUT2D eigenvalue weighted by molar-refractivity contribution is -0.124. The van der Waals surface area contributed by atoms with E-state index >= 15 is 0 Å². The predicted molar refractivity (Wildman–Crippen MR) is 146 cm³/mol. The Hall–Kier alpha value is -3.24. The Labute approximate surface area is 220 Å². The first-order valence-electron chi connectivity index (χ1n) is 12.0. The van der Waals surface area contributed by atoms with Gasteiger partial charge in [-0.1, -0.05) is 19.9 Å². The van der Waals surface area contributed by atoms with Crippen molar-refractivity contribution in [1.82, 2.24) is 0 Å². The SMILES string of the molecule is CCN(C(=O)C(N)(CC)CC)c1cc(CS(=O)(=O)/C=C/c2c(OC)cc(OC)cc2OC)ccc1OC. The number of nitrogens with zero attached hydrogens (tertiary/aromatic N) is 1. The topological polar surface area (TPSA) is 117 Å². The molecule has 0 fully saturated rings. The minimum Gasteiger partial charge on any atom is -0.496 e. The van der Waals surface area contributed by atoms with E-state index in [-0.39, 0.29) is 11.7 Å². The zero-order valence-corrected chi connectivity index (χ0v) is 23.5. The van der Waals surface area contributed by atoms with Crippen LogP contribution in [0, 0.1) is 0 Å². The van der Waals surface area contributed by atoms with E-state index in [0.29, 0.717) is 59.2 Å². The molecule has 0 aliphatic rings. The molecule has 204 valence electrons. The van der Waals surface area contributed by atoms with Gasteiger partial charge in [0.2, 0.25) is 5.91 Å². The first-order valence-corrected chi connectivity index (χ1v) is 13.7. The number of anilines is 1. The van der Waals surface area contributed by atoms with E-state index < -0.39 is 15.4 Å². The van der Waals surface area contributed by atoms with Crippen LogP contribution in [0.2, 0.25) is 0 Å². The molecule has 0 bridgehead atoms. The average molecular weight is 535 g/mol. The van der Waals surface area contributed by atoms with Gasteiger partial charge in [0.1, 0.15) is 23.0 Å². The van der Waals surface area contributed by atoms with Crippen molar-refractivity contribution in [2.45, 2.75) is 44.9 Å². The molecule has 10 heteroatoms. The summed E-state index contributed by atoms with van der Waals surface area (Å²) in [6.45, 7) is 5.93. The number of carbonyl (C=O) groups excluding carboxylic acids is 1. The van der Waals surface area contributed by atoms with Crippen molar-refractivity contribution in [2.24, 2.45) is 5.73 Å². The Morgan fingerprint density at radius 3 is 1.95 bits per heavy atom. The van der Waals surface area contributed by atoms with Gasteiger partial charge in [-0.3, -0.25) is 4.79 Å². The van der Waals surface area contributed by atoms with Gasteiger partial charge >= 0.3 is 0 Å². The van der Waals surface area contributed by atoms with E-state index in [2.05, 4.69) is 0 Å². The third-order valence-corrected chi connectivity index (χ3v) is 7.63. The van der Waals surface area contributed by atoms with Gasteiger partial charge in [-0.15, -0.1) is 0 Å². The van der Waals surface area contributed by atoms with Crippen LogP contribution in [0.3, 0.4) is 0 Å². The Kier molecular flexibility index (Phi) is 10.4. The molecule has 0 aromatic heterocycles. The lowest BCUT2D eigenvalue weighted by atomic mass is 9.92. The fourth-order valence-electron chi connectivity index (χ4n) is 3.93. The summed E-state index contributed by atoms with van der Waals surface area (Å²) in [6.07, 6.45) is 2.38. The van der Waals surface area contributed by atoms with Crippen LogP contribution < -0.4 is 29.6 Å². The van der Waals surface area contributed by atoms with Crippen molar-refractivity contribution in [3.63, 3.8) is 0 Å². The molecule has 37 heavy (non-hydrogen) atoms. The minimum atomic E-state index is -3.72. The van der Waals surface area contributed by atoms with Crippen molar-refractivity contribution in [1.29, 1.82) is 0 Å². The number of benzene rings is 2.